The number of rotatable bonds is 6. The Bertz CT molecular complexity index is 637. The topological polar surface area (TPSA) is 66.6 Å². The minimum Gasteiger partial charge on any atom is -0.368 e. The van der Waals surface area contributed by atoms with Crippen molar-refractivity contribution in [3.63, 3.8) is 0 Å². The highest BCUT2D eigenvalue weighted by atomic mass is 16.2. The van der Waals surface area contributed by atoms with E-state index in [2.05, 4.69) is 11.0 Å². The van der Waals surface area contributed by atoms with E-state index >= 15 is 0 Å². The number of benzene rings is 1. The predicted molar refractivity (Wildman–Crippen MR) is 96.0 cm³/mol. The first-order chi connectivity index (χ1) is 11.5. The van der Waals surface area contributed by atoms with Gasteiger partial charge >= 0.3 is 0 Å². The summed E-state index contributed by atoms with van der Waals surface area (Å²) in [4.78, 5) is 27.3. The van der Waals surface area contributed by atoms with Crippen LogP contribution in [0.5, 0.6) is 0 Å². The molecule has 0 unspecified atom stereocenters. The Balaban J connectivity index is 1.90. The predicted octanol–water partition coefficient (Wildman–Crippen LogP) is 1.66. The summed E-state index contributed by atoms with van der Waals surface area (Å²) in [6.07, 6.45) is 6.42. The first-order valence-electron chi connectivity index (χ1n) is 8.17. The maximum absolute atomic E-state index is 12.2. The van der Waals surface area contributed by atoms with Gasteiger partial charge in [0.2, 0.25) is 11.8 Å². The first kappa shape index (κ1) is 17.9. The Labute approximate surface area is 143 Å². The lowest BCUT2D eigenvalue weighted by Gasteiger charge is -2.32. The van der Waals surface area contributed by atoms with Crippen molar-refractivity contribution in [2.24, 2.45) is 5.73 Å². The van der Waals surface area contributed by atoms with Crippen molar-refractivity contribution >= 4 is 17.9 Å². The molecule has 2 N–H and O–H groups in total. The smallest absolute Gasteiger partial charge is 0.246 e. The molecule has 0 saturated heterocycles. The van der Waals surface area contributed by atoms with Crippen LogP contribution in [0.3, 0.4) is 0 Å². The second kappa shape index (κ2) is 8.45. The van der Waals surface area contributed by atoms with E-state index in [4.69, 9.17) is 5.73 Å². The molecule has 2 rings (SSSR count). The summed E-state index contributed by atoms with van der Waals surface area (Å²) in [7, 11) is 1.79. The molecule has 0 fully saturated rings. The van der Waals surface area contributed by atoms with Gasteiger partial charge in [-0.15, -0.1) is 0 Å². The second-order valence-electron chi connectivity index (χ2n) is 6.14. The van der Waals surface area contributed by atoms with E-state index < -0.39 is 0 Å². The molecule has 5 nitrogen and oxygen atoms in total. The third kappa shape index (κ3) is 5.06. The number of carbonyl (C=O) groups is 2. The number of nitrogens with two attached hydrogens (primary N) is 1. The van der Waals surface area contributed by atoms with Crippen LogP contribution < -0.4 is 5.73 Å². The van der Waals surface area contributed by atoms with Gasteiger partial charge in [-0.25, -0.2) is 0 Å². The Hall–Kier alpha value is -2.40. The average Bonchev–Trinajstić information content (AvgIpc) is 2.60. The van der Waals surface area contributed by atoms with Crippen LogP contribution in [0.15, 0.2) is 48.1 Å². The van der Waals surface area contributed by atoms with Crippen LogP contribution in [0.25, 0.3) is 6.08 Å². The number of hydrogen-bond acceptors (Lipinski definition) is 3. The summed E-state index contributed by atoms with van der Waals surface area (Å²) in [6, 6.07) is 9.45. The summed E-state index contributed by atoms with van der Waals surface area (Å²) >= 11 is 0. The SMILES string of the molecule is C[C@@H](C(N)=O)N1CCC=C(CN(C)C(=O)/C=C/c2ccccc2)C1. The molecule has 1 atom stereocenters. The van der Waals surface area contributed by atoms with Crippen molar-refractivity contribution < 1.29 is 9.59 Å². The normalized spacial score (nSPS) is 16.7. The third-order valence-corrected chi connectivity index (χ3v) is 4.25. The Kier molecular flexibility index (Phi) is 6.32. The van der Waals surface area contributed by atoms with Gasteiger partial charge in [-0.2, -0.15) is 0 Å². The summed E-state index contributed by atoms with van der Waals surface area (Å²) in [5, 5.41) is 0. The fourth-order valence-corrected chi connectivity index (χ4v) is 2.71. The molecule has 1 aliphatic rings. The molecule has 0 radical (unpaired) electrons. The van der Waals surface area contributed by atoms with Crippen LogP contribution in [0.4, 0.5) is 0 Å². The Morgan fingerprint density at radius 1 is 1.33 bits per heavy atom. The van der Waals surface area contributed by atoms with Crippen LogP contribution in [0.2, 0.25) is 0 Å². The summed E-state index contributed by atoms with van der Waals surface area (Å²) in [6.45, 7) is 3.87. The number of amides is 2. The monoisotopic (exact) mass is 327 g/mol. The van der Waals surface area contributed by atoms with E-state index in [1.54, 1.807) is 18.0 Å². The van der Waals surface area contributed by atoms with E-state index in [9.17, 15) is 9.59 Å². The molecule has 2 amide bonds. The quantitative estimate of drug-likeness (QED) is 0.638. The highest BCUT2D eigenvalue weighted by Gasteiger charge is 2.22. The van der Waals surface area contributed by atoms with Crippen molar-refractivity contribution in [3.05, 3.63) is 53.6 Å². The lowest BCUT2D eigenvalue weighted by atomic mass is 10.1. The Morgan fingerprint density at radius 2 is 2.04 bits per heavy atom. The number of nitrogens with zero attached hydrogens (tertiary/aromatic N) is 2. The second-order valence-corrected chi connectivity index (χ2v) is 6.14. The minimum absolute atomic E-state index is 0.0418. The molecule has 1 aromatic rings. The van der Waals surface area contributed by atoms with Crippen LogP contribution in [0.1, 0.15) is 18.9 Å². The fraction of sp³-hybridized carbons (Fsp3) is 0.368. The van der Waals surface area contributed by atoms with Gasteiger partial charge in [-0.05, 0) is 30.6 Å². The van der Waals surface area contributed by atoms with E-state index in [-0.39, 0.29) is 17.9 Å². The average molecular weight is 327 g/mol. The van der Waals surface area contributed by atoms with Gasteiger partial charge < -0.3 is 10.6 Å². The van der Waals surface area contributed by atoms with Gasteiger partial charge in [0, 0.05) is 32.8 Å². The number of hydrogen-bond donors (Lipinski definition) is 1. The van der Waals surface area contributed by atoms with Gasteiger partial charge in [0.05, 0.1) is 6.04 Å². The fourth-order valence-electron chi connectivity index (χ4n) is 2.71. The number of carbonyl (C=O) groups excluding carboxylic acids is 2. The molecule has 1 aliphatic heterocycles. The molecule has 0 aliphatic carbocycles. The van der Waals surface area contributed by atoms with Crippen LogP contribution >= 0.6 is 0 Å². The van der Waals surface area contributed by atoms with E-state index in [1.165, 1.54) is 0 Å². The zero-order chi connectivity index (χ0) is 17.5. The highest BCUT2D eigenvalue weighted by molar-refractivity contribution is 5.91. The molecule has 0 saturated carbocycles. The van der Waals surface area contributed by atoms with E-state index in [1.807, 2.05) is 43.3 Å². The van der Waals surface area contributed by atoms with Crippen molar-refractivity contribution in [2.75, 3.05) is 26.7 Å². The summed E-state index contributed by atoms with van der Waals surface area (Å²) in [5.74, 6) is -0.355. The number of likely N-dealkylation sites (N-methyl/N-ethyl adjacent to an activating group) is 1. The lowest BCUT2D eigenvalue weighted by Crippen LogP contribution is -2.46. The zero-order valence-electron chi connectivity index (χ0n) is 14.3. The van der Waals surface area contributed by atoms with Crippen LogP contribution in [-0.2, 0) is 9.59 Å². The molecule has 1 heterocycles. The molecular weight excluding hydrogens is 302 g/mol. The molecular formula is C19H25N3O2. The highest BCUT2D eigenvalue weighted by Crippen LogP contribution is 2.14. The maximum atomic E-state index is 12.2. The van der Waals surface area contributed by atoms with E-state index in [0.29, 0.717) is 13.1 Å². The third-order valence-electron chi connectivity index (χ3n) is 4.25. The molecule has 24 heavy (non-hydrogen) atoms. The molecule has 1 aromatic carbocycles. The minimum atomic E-state index is -0.313. The summed E-state index contributed by atoms with van der Waals surface area (Å²) < 4.78 is 0. The van der Waals surface area contributed by atoms with Crippen molar-refractivity contribution in [3.8, 4) is 0 Å². The Morgan fingerprint density at radius 3 is 2.71 bits per heavy atom. The largest absolute Gasteiger partial charge is 0.368 e. The van der Waals surface area contributed by atoms with Crippen LogP contribution in [0, 0.1) is 0 Å². The van der Waals surface area contributed by atoms with Gasteiger partial charge in [0.15, 0.2) is 0 Å². The van der Waals surface area contributed by atoms with Gasteiger partial charge in [0.25, 0.3) is 0 Å². The first-order valence-corrected chi connectivity index (χ1v) is 8.17. The molecule has 0 aromatic heterocycles. The number of primary amides is 1. The lowest BCUT2D eigenvalue weighted by molar-refractivity contribution is -0.125. The summed E-state index contributed by atoms with van der Waals surface area (Å²) in [5.41, 5.74) is 7.52. The van der Waals surface area contributed by atoms with Crippen molar-refractivity contribution in [2.45, 2.75) is 19.4 Å². The van der Waals surface area contributed by atoms with Crippen LogP contribution in [-0.4, -0.2) is 54.3 Å². The van der Waals surface area contributed by atoms with Crippen molar-refractivity contribution in [1.29, 1.82) is 0 Å². The van der Waals surface area contributed by atoms with Crippen molar-refractivity contribution in [1.82, 2.24) is 9.80 Å². The van der Waals surface area contributed by atoms with Gasteiger partial charge in [-0.1, -0.05) is 36.4 Å². The van der Waals surface area contributed by atoms with Gasteiger partial charge in [0.1, 0.15) is 0 Å². The zero-order valence-corrected chi connectivity index (χ0v) is 14.3. The maximum Gasteiger partial charge on any atom is 0.246 e. The standard InChI is InChI=1S/C19H25N3O2/c1-15(19(20)24)22-12-6-9-17(14-22)13-21(2)18(23)11-10-16-7-4-3-5-8-16/h3-5,7-11,15H,6,12-14H2,1-2H3,(H2,20,24)/b11-10+/t15-/m0/s1. The molecule has 0 bridgehead atoms. The molecule has 0 spiro atoms. The molecule has 5 heteroatoms. The van der Waals surface area contributed by atoms with Gasteiger partial charge in [-0.3, -0.25) is 14.5 Å². The van der Waals surface area contributed by atoms with E-state index in [0.717, 1.165) is 24.1 Å². The molecule has 128 valence electrons.